The molecule has 2 nitrogen and oxygen atoms in total. The fourth-order valence-corrected chi connectivity index (χ4v) is 2.68. The zero-order chi connectivity index (χ0) is 15.2. The second-order valence-electron chi connectivity index (χ2n) is 5.54. The minimum Gasteiger partial charge on any atom is -0.385 e. The lowest BCUT2D eigenvalue weighted by molar-refractivity contribution is 1.14. The Balaban J connectivity index is 2.14. The molecule has 0 amide bonds. The van der Waals surface area contributed by atoms with Crippen LogP contribution in [0.2, 0.25) is 0 Å². The maximum Gasteiger partial charge on any atom is 0.0369 e. The summed E-state index contributed by atoms with van der Waals surface area (Å²) in [6, 6.07) is 13.4. The molecule has 0 fully saturated rings. The normalized spacial score (nSPS) is 10.5. The second kappa shape index (κ2) is 7.16. The third-order valence-corrected chi connectivity index (χ3v) is 3.72. The van der Waals surface area contributed by atoms with Crippen molar-refractivity contribution in [3.63, 3.8) is 0 Å². The van der Waals surface area contributed by atoms with Gasteiger partial charge in [0.2, 0.25) is 0 Å². The van der Waals surface area contributed by atoms with Crippen LogP contribution < -0.4 is 10.6 Å². The van der Waals surface area contributed by atoms with Gasteiger partial charge in [0.25, 0.3) is 0 Å². The molecule has 0 saturated carbocycles. The Bertz CT molecular complexity index is 549. The van der Waals surface area contributed by atoms with Crippen molar-refractivity contribution in [3.8, 4) is 0 Å². The van der Waals surface area contributed by atoms with Crippen LogP contribution in [0.25, 0.3) is 0 Å². The minimum atomic E-state index is 0.964. The van der Waals surface area contributed by atoms with E-state index in [0.29, 0.717) is 0 Å². The molecular weight excluding hydrogens is 256 g/mol. The van der Waals surface area contributed by atoms with E-state index < -0.39 is 0 Å². The molecule has 2 N–H and O–H groups in total. The molecule has 2 aromatic carbocycles. The fraction of sp³-hybridized carbons (Fsp3) is 0.368. The molecule has 0 atom stereocenters. The van der Waals surface area contributed by atoms with Crippen LogP contribution in [0.3, 0.4) is 0 Å². The summed E-state index contributed by atoms with van der Waals surface area (Å²) in [6.07, 6.45) is 0.987. The first-order chi connectivity index (χ1) is 10.1. The molecule has 2 rings (SSSR count). The zero-order valence-corrected chi connectivity index (χ0v) is 13.6. The smallest absolute Gasteiger partial charge is 0.0369 e. The molecule has 0 aromatic heterocycles. The van der Waals surface area contributed by atoms with Gasteiger partial charge in [-0.15, -0.1) is 0 Å². The Morgan fingerprint density at radius 1 is 0.714 bits per heavy atom. The van der Waals surface area contributed by atoms with Crippen LogP contribution in [0.1, 0.15) is 36.1 Å². The number of rotatable bonds is 6. The molecule has 2 heteroatoms. The average Bonchev–Trinajstić information content (AvgIpc) is 2.45. The maximum absolute atomic E-state index is 3.39. The van der Waals surface area contributed by atoms with E-state index in [1.807, 2.05) is 0 Å². The largest absolute Gasteiger partial charge is 0.385 e. The molecule has 0 heterocycles. The number of nitrogens with one attached hydrogen (secondary N) is 2. The molecule has 0 radical (unpaired) electrons. The van der Waals surface area contributed by atoms with Crippen LogP contribution in [-0.4, -0.2) is 13.1 Å². The van der Waals surface area contributed by atoms with Crippen LogP contribution in [0.4, 0.5) is 11.4 Å². The summed E-state index contributed by atoms with van der Waals surface area (Å²) in [5, 5.41) is 6.78. The molecule has 0 saturated heterocycles. The van der Waals surface area contributed by atoms with Gasteiger partial charge in [-0.05, 0) is 68.5 Å². The van der Waals surface area contributed by atoms with E-state index in [-0.39, 0.29) is 0 Å². The molecule has 2 aromatic rings. The summed E-state index contributed by atoms with van der Waals surface area (Å²) in [5.41, 5.74) is 7.83. The van der Waals surface area contributed by atoms with Crippen molar-refractivity contribution < 1.29 is 0 Å². The van der Waals surface area contributed by atoms with E-state index in [4.69, 9.17) is 0 Å². The van der Waals surface area contributed by atoms with Crippen molar-refractivity contribution in [1.82, 2.24) is 0 Å². The lowest BCUT2D eigenvalue weighted by atomic mass is 10.00. The zero-order valence-electron chi connectivity index (χ0n) is 13.6. The molecule has 112 valence electrons. The van der Waals surface area contributed by atoms with Crippen LogP contribution in [0.5, 0.6) is 0 Å². The van der Waals surface area contributed by atoms with E-state index in [2.05, 4.69) is 74.7 Å². The SMILES string of the molecule is CCNc1ccc(Cc2ccc(NCC)c(C)c2)cc1C. The fourth-order valence-electron chi connectivity index (χ4n) is 2.68. The van der Waals surface area contributed by atoms with Gasteiger partial charge in [0.05, 0.1) is 0 Å². The molecule has 0 aliphatic rings. The molecule has 0 aliphatic heterocycles. The topological polar surface area (TPSA) is 24.1 Å². The van der Waals surface area contributed by atoms with Crippen molar-refractivity contribution >= 4 is 11.4 Å². The van der Waals surface area contributed by atoms with Crippen molar-refractivity contribution in [2.24, 2.45) is 0 Å². The minimum absolute atomic E-state index is 0.964. The van der Waals surface area contributed by atoms with Gasteiger partial charge in [-0.1, -0.05) is 24.3 Å². The summed E-state index contributed by atoms with van der Waals surface area (Å²) in [6.45, 7) is 10.5. The van der Waals surface area contributed by atoms with Crippen LogP contribution in [0, 0.1) is 13.8 Å². The lowest BCUT2D eigenvalue weighted by Gasteiger charge is -2.12. The average molecular weight is 282 g/mol. The monoisotopic (exact) mass is 282 g/mol. The molecule has 0 bridgehead atoms. The summed E-state index contributed by atoms with van der Waals surface area (Å²) in [7, 11) is 0. The third kappa shape index (κ3) is 4.01. The first kappa shape index (κ1) is 15.4. The number of hydrogen-bond acceptors (Lipinski definition) is 2. The summed E-state index contributed by atoms with van der Waals surface area (Å²) in [5.74, 6) is 0. The Labute approximate surface area is 128 Å². The van der Waals surface area contributed by atoms with Gasteiger partial charge in [-0.2, -0.15) is 0 Å². The first-order valence-corrected chi connectivity index (χ1v) is 7.80. The first-order valence-electron chi connectivity index (χ1n) is 7.80. The Hall–Kier alpha value is -1.96. The predicted molar refractivity (Wildman–Crippen MR) is 93.5 cm³/mol. The van der Waals surface area contributed by atoms with E-state index >= 15 is 0 Å². The molecule has 0 spiro atoms. The van der Waals surface area contributed by atoms with Gasteiger partial charge in [0, 0.05) is 24.5 Å². The number of anilines is 2. The van der Waals surface area contributed by atoms with Gasteiger partial charge >= 0.3 is 0 Å². The van der Waals surface area contributed by atoms with Gasteiger partial charge in [-0.3, -0.25) is 0 Å². The Morgan fingerprint density at radius 3 is 1.48 bits per heavy atom. The highest BCUT2D eigenvalue weighted by Gasteiger charge is 2.03. The van der Waals surface area contributed by atoms with E-state index in [9.17, 15) is 0 Å². The van der Waals surface area contributed by atoms with E-state index in [0.717, 1.165) is 19.5 Å². The number of hydrogen-bond donors (Lipinski definition) is 2. The summed E-state index contributed by atoms with van der Waals surface area (Å²) >= 11 is 0. The highest BCUT2D eigenvalue weighted by Crippen LogP contribution is 2.21. The van der Waals surface area contributed by atoms with Gasteiger partial charge < -0.3 is 10.6 Å². The van der Waals surface area contributed by atoms with Crippen LogP contribution in [0.15, 0.2) is 36.4 Å². The molecule has 0 unspecified atom stereocenters. The highest BCUT2D eigenvalue weighted by molar-refractivity contribution is 5.54. The third-order valence-electron chi connectivity index (χ3n) is 3.72. The van der Waals surface area contributed by atoms with Gasteiger partial charge in [-0.25, -0.2) is 0 Å². The highest BCUT2D eigenvalue weighted by atomic mass is 14.9. The van der Waals surface area contributed by atoms with Crippen molar-refractivity contribution in [1.29, 1.82) is 0 Å². The van der Waals surface area contributed by atoms with Crippen molar-refractivity contribution in [3.05, 3.63) is 58.7 Å². The number of aryl methyl sites for hydroxylation is 2. The van der Waals surface area contributed by atoms with E-state index in [1.165, 1.54) is 33.6 Å². The Morgan fingerprint density at radius 2 is 1.14 bits per heavy atom. The quantitative estimate of drug-likeness (QED) is 0.798. The van der Waals surface area contributed by atoms with Gasteiger partial charge in [0.1, 0.15) is 0 Å². The standard InChI is InChI=1S/C19H26N2/c1-5-20-18-9-7-16(11-14(18)3)13-17-8-10-19(21-6-2)15(4)12-17/h7-12,20-21H,5-6,13H2,1-4H3. The van der Waals surface area contributed by atoms with E-state index in [1.54, 1.807) is 0 Å². The second-order valence-corrected chi connectivity index (χ2v) is 5.54. The van der Waals surface area contributed by atoms with Crippen LogP contribution in [-0.2, 0) is 6.42 Å². The lowest BCUT2D eigenvalue weighted by Crippen LogP contribution is -2.01. The summed E-state index contributed by atoms with van der Waals surface area (Å²) < 4.78 is 0. The molecular formula is C19H26N2. The van der Waals surface area contributed by atoms with Crippen LogP contribution >= 0.6 is 0 Å². The maximum atomic E-state index is 3.39. The van der Waals surface area contributed by atoms with Gasteiger partial charge in [0.15, 0.2) is 0 Å². The molecule has 0 aliphatic carbocycles. The van der Waals surface area contributed by atoms with Crippen molar-refractivity contribution in [2.75, 3.05) is 23.7 Å². The number of benzene rings is 2. The molecule has 21 heavy (non-hydrogen) atoms. The predicted octanol–water partition coefficient (Wildman–Crippen LogP) is 4.76. The van der Waals surface area contributed by atoms with Crippen molar-refractivity contribution in [2.45, 2.75) is 34.1 Å². The Kier molecular flexibility index (Phi) is 5.26. The summed E-state index contributed by atoms with van der Waals surface area (Å²) in [4.78, 5) is 0.